The molecule has 0 aromatic heterocycles. The Hall–Kier alpha value is 0.210. The largest absolute Gasteiger partial charge is 0.373 e. The van der Waals surface area contributed by atoms with Gasteiger partial charge in [-0.2, -0.15) is 0 Å². The zero-order chi connectivity index (χ0) is 7.56. The van der Waals surface area contributed by atoms with Gasteiger partial charge in [0.1, 0.15) is 0 Å². The number of nitrogens with two attached hydrogens (primary N) is 1. The summed E-state index contributed by atoms with van der Waals surface area (Å²) >= 11 is 0. The second-order valence-electron chi connectivity index (χ2n) is 3.51. The fraction of sp³-hybridized carbons (Fsp3) is 1.00. The molecule has 0 aromatic rings. The quantitative estimate of drug-likeness (QED) is 0.666. The van der Waals surface area contributed by atoms with E-state index in [-0.39, 0.29) is 12.4 Å². The van der Waals surface area contributed by atoms with Gasteiger partial charge in [-0.05, 0) is 25.7 Å². The summed E-state index contributed by atoms with van der Waals surface area (Å²) in [6.07, 6.45) is 2.88. The highest BCUT2D eigenvalue weighted by atomic mass is 35.5. The fourth-order valence-electron chi connectivity index (χ4n) is 1.38. The second kappa shape index (κ2) is 4.96. The Morgan fingerprint density at radius 1 is 1.55 bits per heavy atom. The van der Waals surface area contributed by atoms with Crippen LogP contribution in [0.1, 0.15) is 26.7 Å². The molecular weight excluding hydrogens is 162 g/mol. The van der Waals surface area contributed by atoms with Gasteiger partial charge >= 0.3 is 0 Å². The van der Waals surface area contributed by atoms with E-state index in [2.05, 4.69) is 13.8 Å². The van der Waals surface area contributed by atoms with Crippen LogP contribution >= 0.6 is 12.4 Å². The van der Waals surface area contributed by atoms with Crippen molar-refractivity contribution in [2.75, 3.05) is 6.61 Å². The van der Waals surface area contributed by atoms with Gasteiger partial charge in [0.05, 0.1) is 12.7 Å². The predicted octanol–water partition coefficient (Wildman–Crippen LogP) is 1.57. The molecule has 1 fully saturated rings. The highest BCUT2D eigenvalue weighted by Crippen LogP contribution is 2.21. The lowest BCUT2D eigenvalue weighted by Gasteiger charge is -2.11. The lowest BCUT2D eigenvalue weighted by Crippen LogP contribution is -2.18. The maximum Gasteiger partial charge on any atom is 0.0812 e. The van der Waals surface area contributed by atoms with Crippen LogP contribution < -0.4 is 5.73 Å². The lowest BCUT2D eigenvalue weighted by molar-refractivity contribution is 0.345. The molecule has 0 spiro atoms. The maximum absolute atomic E-state index is 5.65. The number of ether oxygens (including phenoxy) is 1. The molecule has 68 valence electrons. The van der Waals surface area contributed by atoms with Gasteiger partial charge in [-0.15, -0.1) is 12.4 Å². The van der Waals surface area contributed by atoms with Crippen LogP contribution in [0.2, 0.25) is 0 Å². The maximum atomic E-state index is 5.65. The molecule has 2 N–H and O–H groups in total. The van der Waals surface area contributed by atoms with Crippen LogP contribution in [0, 0.1) is 5.92 Å². The van der Waals surface area contributed by atoms with Gasteiger partial charge in [-0.1, -0.05) is 6.92 Å². The molecule has 3 unspecified atom stereocenters. The van der Waals surface area contributed by atoms with E-state index in [1.54, 1.807) is 0 Å². The SMILES string of the molecule is CC(N)CC(C)CC1CO1.Cl. The fourth-order valence-corrected chi connectivity index (χ4v) is 1.38. The monoisotopic (exact) mass is 179 g/mol. The van der Waals surface area contributed by atoms with Gasteiger partial charge in [0.15, 0.2) is 0 Å². The van der Waals surface area contributed by atoms with Crippen molar-refractivity contribution in [2.45, 2.75) is 38.8 Å². The molecule has 1 aliphatic rings. The minimum atomic E-state index is 0. The van der Waals surface area contributed by atoms with Crippen LogP contribution in [-0.2, 0) is 4.74 Å². The van der Waals surface area contributed by atoms with Gasteiger partial charge in [-0.25, -0.2) is 0 Å². The molecule has 1 heterocycles. The molecule has 1 rings (SSSR count). The third kappa shape index (κ3) is 5.48. The Balaban J connectivity index is 0.000001000. The Morgan fingerprint density at radius 2 is 2.09 bits per heavy atom. The predicted molar refractivity (Wildman–Crippen MR) is 49.0 cm³/mol. The molecular formula is C8H18ClNO. The van der Waals surface area contributed by atoms with Crippen molar-refractivity contribution < 1.29 is 4.74 Å². The summed E-state index contributed by atoms with van der Waals surface area (Å²) in [5.74, 6) is 0.729. The number of hydrogen-bond donors (Lipinski definition) is 1. The van der Waals surface area contributed by atoms with Crippen molar-refractivity contribution in [3.8, 4) is 0 Å². The van der Waals surface area contributed by atoms with E-state index in [0.717, 1.165) is 18.9 Å². The number of hydrogen-bond acceptors (Lipinski definition) is 2. The Labute approximate surface area is 74.9 Å². The minimum Gasteiger partial charge on any atom is -0.373 e. The zero-order valence-electron chi connectivity index (χ0n) is 7.25. The Morgan fingerprint density at radius 3 is 2.45 bits per heavy atom. The molecule has 0 aliphatic carbocycles. The smallest absolute Gasteiger partial charge is 0.0812 e. The number of halogens is 1. The molecule has 2 nitrogen and oxygen atoms in total. The molecule has 0 amide bonds. The van der Waals surface area contributed by atoms with E-state index >= 15 is 0 Å². The van der Waals surface area contributed by atoms with Crippen molar-refractivity contribution >= 4 is 12.4 Å². The van der Waals surface area contributed by atoms with Crippen molar-refractivity contribution in [1.82, 2.24) is 0 Å². The van der Waals surface area contributed by atoms with Crippen LogP contribution in [0.4, 0.5) is 0 Å². The topological polar surface area (TPSA) is 38.5 Å². The summed E-state index contributed by atoms with van der Waals surface area (Å²) < 4.78 is 5.12. The summed E-state index contributed by atoms with van der Waals surface area (Å²) in [4.78, 5) is 0. The van der Waals surface area contributed by atoms with Crippen LogP contribution in [0.5, 0.6) is 0 Å². The van der Waals surface area contributed by atoms with Crippen molar-refractivity contribution in [1.29, 1.82) is 0 Å². The van der Waals surface area contributed by atoms with Crippen LogP contribution in [0.15, 0.2) is 0 Å². The first-order valence-corrected chi connectivity index (χ1v) is 4.05. The lowest BCUT2D eigenvalue weighted by atomic mass is 9.98. The minimum absolute atomic E-state index is 0. The summed E-state index contributed by atoms with van der Waals surface area (Å²) in [5.41, 5.74) is 5.65. The normalized spacial score (nSPS) is 27.0. The van der Waals surface area contributed by atoms with Gasteiger partial charge in [0.2, 0.25) is 0 Å². The van der Waals surface area contributed by atoms with Gasteiger partial charge in [0.25, 0.3) is 0 Å². The molecule has 1 saturated heterocycles. The molecule has 3 heteroatoms. The first kappa shape index (κ1) is 11.2. The average Bonchev–Trinajstić information content (AvgIpc) is 2.46. The van der Waals surface area contributed by atoms with Crippen molar-refractivity contribution in [3.63, 3.8) is 0 Å². The van der Waals surface area contributed by atoms with E-state index in [9.17, 15) is 0 Å². The van der Waals surface area contributed by atoms with Gasteiger partial charge in [-0.3, -0.25) is 0 Å². The summed E-state index contributed by atoms with van der Waals surface area (Å²) in [5, 5.41) is 0. The molecule has 1 aliphatic heterocycles. The second-order valence-corrected chi connectivity index (χ2v) is 3.51. The van der Waals surface area contributed by atoms with Crippen LogP contribution in [0.3, 0.4) is 0 Å². The van der Waals surface area contributed by atoms with Crippen LogP contribution in [0.25, 0.3) is 0 Å². The summed E-state index contributed by atoms with van der Waals surface area (Å²) in [7, 11) is 0. The zero-order valence-corrected chi connectivity index (χ0v) is 8.06. The van der Waals surface area contributed by atoms with Gasteiger partial charge in [0, 0.05) is 6.04 Å². The van der Waals surface area contributed by atoms with Crippen molar-refractivity contribution in [2.24, 2.45) is 11.7 Å². The molecule has 0 bridgehead atoms. The summed E-state index contributed by atoms with van der Waals surface area (Å²) in [6, 6.07) is 0.341. The standard InChI is InChI=1S/C8H17NO.ClH/c1-6(3-7(2)9)4-8-5-10-8;/h6-8H,3-5,9H2,1-2H3;1H. The highest BCUT2D eigenvalue weighted by molar-refractivity contribution is 5.85. The molecule has 3 atom stereocenters. The molecule has 0 saturated carbocycles. The summed E-state index contributed by atoms with van der Waals surface area (Å²) in [6.45, 7) is 5.28. The molecule has 11 heavy (non-hydrogen) atoms. The highest BCUT2D eigenvalue weighted by Gasteiger charge is 2.24. The molecule has 0 aromatic carbocycles. The van der Waals surface area contributed by atoms with E-state index < -0.39 is 0 Å². The Kier molecular flexibility index (Phi) is 5.06. The van der Waals surface area contributed by atoms with E-state index in [1.165, 1.54) is 6.42 Å². The molecule has 0 radical (unpaired) electrons. The van der Waals surface area contributed by atoms with Crippen molar-refractivity contribution in [3.05, 3.63) is 0 Å². The number of epoxide rings is 1. The van der Waals surface area contributed by atoms with Crippen LogP contribution in [-0.4, -0.2) is 18.8 Å². The third-order valence-corrected chi connectivity index (χ3v) is 1.84. The first-order valence-electron chi connectivity index (χ1n) is 4.05. The van der Waals surface area contributed by atoms with E-state index in [0.29, 0.717) is 12.1 Å². The van der Waals surface area contributed by atoms with E-state index in [1.807, 2.05) is 0 Å². The first-order chi connectivity index (χ1) is 4.68. The average molecular weight is 180 g/mol. The van der Waals surface area contributed by atoms with Gasteiger partial charge < -0.3 is 10.5 Å². The van der Waals surface area contributed by atoms with E-state index in [4.69, 9.17) is 10.5 Å². The third-order valence-electron chi connectivity index (χ3n) is 1.84. The number of rotatable bonds is 4. The Bertz CT molecular complexity index is 100.